The molecule has 0 aromatic heterocycles. The fourth-order valence-electron chi connectivity index (χ4n) is 2.44. The van der Waals surface area contributed by atoms with Crippen LogP contribution in [0, 0.1) is 17.3 Å². The minimum atomic E-state index is 0.278. The summed E-state index contributed by atoms with van der Waals surface area (Å²) in [6.07, 6.45) is 2.30. The van der Waals surface area contributed by atoms with Gasteiger partial charge in [-0.2, -0.15) is 0 Å². The molecule has 1 saturated carbocycles. The van der Waals surface area contributed by atoms with Crippen molar-refractivity contribution in [1.29, 1.82) is 0 Å². The molecule has 1 aliphatic carbocycles. The van der Waals surface area contributed by atoms with E-state index in [0.29, 0.717) is 5.92 Å². The van der Waals surface area contributed by atoms with E-state index in [0.717, 1.165) is 18.9 Å². The lowest BCUT2D eigenvalue weighted by Gasteiger charge is -2.49. The highest BCUT2D eigenvalue weighted by Crippen LogP contribution is 2.53. The van der Waals surface area contributed by atoms with Gasteiger partial charge in [0.1, 0.15) is 0 Å². The van der Waals surface area contributed by atoms with E-state index in [1.165, 1.54) is 6.42 Å². The maximum absolute atomic E-state index is 11.4. The minimum absolute atomic E-state index is 0.278. The highest BCUT2D eigenvalue weighted by atomic mass is 16.2. The number of hydrogen-bond acceptors (Lipinski definition) is 1. The maximum atomic E-state index is 11.4. The largest absolute Gasteiger partial charge is 0.356 e. The first-order chi connectivity index (χ1) is 5.12. The van der Waals surface area contributed by atoms with Gasteiger partial charge in [0.2, 0.25) is 5.91 Å². The van der Waals surface area contributed by atoms with Crippen LogP contribution >= 0.6 is 0 Å². The Balaban J connectivity index is 2.22. The summed E-state index contributed by atoms with van der Waals surface area (Å²) in [5.74, 6) is 1.37. The van der Waals surface area contributed by atoms with E-state index >= 15 is 0 Å². The summed E-state index contributed by atoms with van der Waals surface area (Å²) < 4.78 is 0. The number of fused-ring (bicyclic) bond motifs is 3. The maximum Gasteiger partial charge on any atom is 0.223 e. The van der Waals surface area contributed by atoms with Gasteiger partial charge in [0.15, 0.2) is 0 Å². The van der Waals surface area contributed by atoms with Gasteiger partial charge < -0.3 is 5.32 Å². The lowest BCUT2D eigenvalue weighted by Crippen LogP contribution is -2.48. The third kappa shape index (κ3) is 0.815. The first-order valence-electron chi connectivity index (χ1n) is 4.40. The van der Waals surface area contributed by atoms with Gasteiger partial charge in [-0.25, -0.2) is 0 Å². The molecule has 2 heterocycles. The minimum Gasteiger partial charge on any atom is -0.356 e. The molecule has 0 radical (unpaired) electrons. The average Bonchev–Trinajstić information content (AvgIpc) is 2.17. The van der Waals surface area contributed by atoms with Crippen molar-refractivity contribution >= 4 is 5.91 Å². The van der Waals surface area contributed by atoms with Gasteiger partial charge in [0, 0.05) is 12.5 Å². The molecule has 3 rings (SSSR count). The zero-order valence-electron chi connectivity index (χ0n) is 7.18. The fraction of sp³-hybridized carbons (Fsp3) is 0.889. The van der Waals surface area contributed by atoms with Gasteiger partial charge in [-0.1, -0.05) is 13.8 Å². The predicted molar refractivity (Wildman–Crippen MR) is 43.0 cm³/mol. The number of rotatable bonds is 0. The van der Waals surface area contributed by atoms with Gasteiger partial charge in [-0.3, -0.25) is 4.79 Å². The summed E-state index contributed by atoms with van der Waals surface area (Å²) in [5.41, 5.74) is 0.278. The standard InChI is InChI=1S/C9H15NO/c1-9(2)6-3-4-10-8(11)7(9)5-6/h6-7H,3-5H2,1-2H3,(H,10,11)/t6-,7-/m0/s1. The summed E-state index contributed by atoms with van der Waals surface area (Å²) in [4.78, 5) is 11.4. The molecular formula is C9H15NO. The molecular weight excluding hydrogens is 138 g/mol. The third-order valence-electron chi connectivity index (χ3n) is 3.58. The van der Waals surface area contributed by atoms with E-state index in [1.54, 1.807) is 0 Å². The third-order valence-corrected chi connectivity index (χ3v) is 3.58. The van der Waals surface area contributed by atoms with Crippen LogP contribution in [0.5, 0.6) is 0 Å². The monoisotopic (exact) mass is 153 g/mol. The molecule has 3 fully saturated rings. The first-order valence-corrected chi connectivity index (χ1v) is 4.40. The van der Waals surface area contributed by atoms with Crippen molar-refractivity contribution in [2.24, 2.45) is 17.3 Å². The Bertz CT molecular complexity index is 198. The molecule has 0 aromatic rings. The lowest BCUT2D eigenvalue weighted by atomic mass is 9.54. The Morgan fingerprint density at radius 1 is 1.55 bits per heavy atom. The molecule has 1 amide bonds. The zero-order chi connectivity index (χ0) is 8.06. The molecule has 1 N–H and O–H groups in total. The van der Waals surface area contributed by atoms with Gasteiger partial charge in [-0.15, -0.1) is 0 Å². The Morgan fingerprint density at radius 3 is 2.91 bits per heavy atom. The smallest absolute Gasteiger partial charge is 0.223 e. The highest BCUT2D eigenvalue weighted by Gasteiger charge is 2.52. The van der Waals surface area contributed by atoms with Crippen LogP contribution in [0.3, 0.4) is 0 Å². The predicted octanol–water partition coefficient (Wildman–Crippen LogP) is 1.17. The van der Waals surface area contributed by atoms with Crippen LogP contribution in [0.2, 0.25) is 0 Å². The van der Waals surface area contributed by atoms with Crippen LogP contribution in [0.15, 0.2) is 0 Å². The molecule has 0 spiro atoms. The molecule has 2 bridgehead atoms. The summed E-state index contributed by atoms with van der Waals surface area (Å²) in [5, 5.41) is 2.95. The van der Waals surface area contributed by atoms with E-state index in [-0.39, 0.29) is 11.3 Å². The molecule has 62 valence electrons. The molecule has 2 nitrogen and oxygen atoms in total. The number of hydrogen-bond donors (Lipinski definition) is 1. The Kier molecular flexibility index (Phi) is 1.29. The fourth-order valence-corrected chi connectivity index (χ4v) is 2.44. The Labute approximate surface area is 67.4 Å². The number of nitrogens with one attached hydrogen (secondary N) is 1. The molecule has 2 heteroatoms. The topological polar surface area (TPSA) is 29.1 Å². The molecule has 11 heavy (non-hydrogen) atoms. The number of carbonyl (C=O) groups excluding carboxylic acids is 1. The molecule has 2 saturated heterocycles. The summed E-state index contributed by atoms with van der Waals surface area (Å²) in [6.45, 7) is 5.33. The Hall–Kier alpha value is -0.530. The van der Waals surface area contributed by atoms with Crippen LogP contribution in [-0.4, -0.2) is 12.5 Å². The molecule has 3 aliphatic rings. The summed E-state index contributed by atoms with van der Waals surface area (Å²) >= 11 is 0. The molecule has 2 atom stereocenters. The summed E-state index contributed by atoms with van der Waals surface area (Å²) in [6, 6.07) is 0. The number of amides is 1. The zero-order valence-corrected chi connectivity index (χ0v) is 7.18. The van der Waals surface area contributed by atoms with E-state index < -0.39 is 0 Å². The van der Waals surface area contributed by atoms with Gasteiger partial charge in [0.05, 0.1) is 0 Å². The van der Waals surface area contributed by atoms with Crippen molar-refractivity contribution in [2.45, 2.75) is 26.7 Å². The van der Waals surface area contributed by atoms with Crippen LogP contribution in [0.25, 0.3) is 0 Å². The van der Waals surface area contributed by atoms with E-state index in [9.17, 15) is 4.79 Å². The van der Waals surface area contributed by atoms with Crippen molar-refractivity contribution < 1.29 is 4.79 Å². The second kappa shape index (κ2) is 1.99. The van der Waals surface area contributed by atoms with E-state index in [2.05, 4.69) is 19.2 Å². The van der Waals surface area contributed by atoms with Crippen LogP contribution in [-0.2, 0) is 4.79 Å². The van der Waals surface area contributed by atoms with Gasteiger partial charge in [0.25, 0.3) is 0 Å². The quantitative estimate of drug-likeness (QED) is 0.556. The van der Waals surface area contributed by atoms with Crippen molar-refractivity contribution in [3.05, 3.63) is 0 Å². The highest BCUT2D eigenvalue weighted by molar-refractivity contribution is 5.81. The van der Waals surface area contributed by atoms with Crippen LogP contribution in [0.4, 0.5) is 0 Å². The van der Waals surface area contributed by atoms with Crippen LogP contribution < -0.4 is 5.32 Å². The van der Waals surface area contributed by atoms with Crippen molar-refractivity contribution in [3.63, 3.8) is 0 Å². The summed E-state index contributed by atoms with van der Waals surface area (Å²) in [7, 11) is 0. The van der Waals surface area contributed by atoms with Crippen molar-refractivity contribution in [2.75, 3.05) is 6.54 Å². The molecule has 0 unspecified atom stereocenters. The normalized spacial score (nSPS) is 40.4. The van der Waals surface area contributed by atoms with E-state index in [4.69, 9.17) is 0 Å². The van der Waals surface area contributed by atoms with Crippen LogP contribution in [0.1, 0.15) is 26.7 Å². The van der Waals surface area contributed by atoms with E-state index in [1.807, 2.05) is 0 Å². The molecule has 2 aliphatic heterocycles. The number of carbonyl (C=O) groups is 1. The SMILES string of the molecule is CC1(C)[C@H]2CCNC(=O)[C@@H]1C2. The van der Waals surface area contributed by atoms with Crippen molar-refractivity contribution in [1.82, 2.24) is 5.32 Å². The van der Waals surface area contributed by atoms with Gasteiger partial charge in [-0.05, 0) is 24.2 Å². The first kappa shape index (κ1) is 7.14. The average molecular weight is 153 g/mol. The molecule has 0 aromatic carbocycles. The Morgan fingerprint density at radius 2 is 2.27 bits per heavy atom. The van der Waals surface area contributed by atoms with Crippen molar-refractivity contribution in [3.8, 4) is 0 Å². The lowest BCUT2D eigenvalue weighted by molar-refractivity contribution is -0.136. The second-order valence-corrected chi connectivity index (χ2v) is 4.39. The van der Waals surface area contributed by atoms with Gasteiger partial charge >= 0.3 is 0 Å². The second-order valence-electron chi connectivity index (χ2n) is 4.39.